The Kier molecular flexibility index (Phi) is 4.41. The van der Waals surface area contributed by atoms with Gasteiger partial charge in [-0.2, -0.15) is 0 Å². The van der Waals surface area contributed by atoms with Crippen molar-refractivity contribution >= 4 is 17.3 Å². The topological polar surface area (TPSA) is 52.1 Å². The van der Waals surface area contributed by atoms with Crippen molar-refractivity contribution in [3.63, 3.8) is 0 Å². The molecule has 0 aliphatic rings. The van der Waals surface area contributed by atoms with E-state index in [4.69, 9.17) is 4.74 Å². The van der Waals surface area contributed by atoms with E-state index in [9.17, 15) is 4.79 Å². The average molecular weight is 274 g/mol. The second kappa shape index (κ2) is 6.24. The SMILES string of the molecule is C/C=C/C(=O)Oc1ccc(-c2nnc(CC)s2)cc1. The van der Waals surface area contributed by atoms with Gasteiger partial charge in [-0.1, -0.05) is 24.3 Å². The lowest BCUT2D eigenvalue weighted by atomic mass is 10.2. The molecule has 0 saturated heterocycles. The summed E-state index contributed by atoms with van der Waals surface area (Å²) in [5, 5.41) is 10.1. The Balaban J connectivity index is 2.11. The second-order valence-corrected chi connectivity index (χ2v) is 4.86. The van der Waals surface area contributed by atoms with Crippen LogP contribution < -0.4 is 4.74 Å². The highest BCUT2D eigenvalue weighted by Gasteiger charge is 2.06. The third-order valence-corrected chi connectivity index (χ3v) is 3.51. The van der Waals surface area contributed by atoms with Gasteiger partial charge in [-0.15, -0.1) is 10.2 Å². The number of esters is 1. The lowest BCUT2D eigenvalue weighted by molar-refractivity contribution is -0.129. The summed E-state index contributed by atoms with van der Waals surface area (Å²) in [7, 11) is 0. The van der Waals surface area contributed by atoms with Crippen molar-refractivity contribution in [2.45, 2.75) is 20.3 Å². The second-order valence-electron chi connectivity index (χ2n) is 3.80. The van der Waals surface area contributed by atoms with Crippen LogP contribution in [-0.2, 0) is 11.2 Å². The maximum absolute atomic E-state index is 11.3. The van der Waals surface area contributed by atoms with Crippen molar-refractivity contribution in [1.29, 1.82) is 0 Å². The quantitative estimate of drug-likeness (QED) is 0.488. The molecule has 1 aromatic carbocycles. The number of hydrogen-bond donors (Lipinski definition) is 0. The van der Waals surface area contributed by atoms with Gasteiger partial charge < -0.3 is 4.74 Å². The van der Waals surface area contributed by atoms with Crippen molar-refractivity contribution in [2.75, 3.05) is 0 Å². The number of carbonyl (C=O) groups is 1. The number of aromatic nitrogens is 2. The van der Waals surface area contributed by atoms with Crippen LogP contribution in [0.2, 0.25) is 0 Å². The lowest BCUT2D eigenvalue weighted by Crippen LogP contribution is -2.03. The molecule has 0 aliphatic heterocycles. The van der Waals surface area contributed by atoms with Crippen LogP contribution in [0.4, 0.5) is 0 Å². The van der Waals surface area contributed by atoms with E-state index in [1.54, 1.807) is 36.5 Å². The maximum atomic E-state index is 11.3. The highest BCUT2D eigenvalue weighted by molar-refractivity contribution is 7.14. The third kappa shape index (κ3) is 3.48. The number of rotatable bonds is 4. The van der Waals surface area contributed by atoms with Gasteiger partial charge >= 0.3 is 5.97 Å². The number of carbonyl (C=O) groups excluding carboxylic acids is 1. The maximum Gasteiger partial charge on any atom is 0.335 e. The fourth-order valence-electron chi connectivity index (χ4n) is 1.46. The van der Waals surface area contributed by atoms with Crippen LogP contribution in [0.15, 0.2) is 36.4 Å². The zero-order valence-electron chi connectivity index (χ0n) is 10.8. The molecule has 0 bridgehead atoms. The number of benzene rings is 1. The minimum Gasteiger partial charge on any atom is -0.423 e. The summed E-state index contributed by atoms with van der Waals surface area (Å²) >= 11 is 1.57. The van der Waals surface area contributed by atoms with Gasteiger partial charge in [0.25, 0.3) is 0 Å². The Hall–Kier alpha value is -2.01. The smallest absolute Gasteiger partial charge is 0.335 e. The Morgan fingerprint density at radius 2 is 2.05 bits per heavy atom. The normalized spacial score (nSPS) is 10.8. The molecule has 19 heavy (non-hydrogen) atoms. The van der Waals surface area contributed by atoms with Gasteiger partial charge in [0.15, 0.2) is 0 Å². The van der Waals surface area contributed by atoms with Gasteiger partial charge in [0.1, 0.15) is 15.8 Å². The average Bonchev–Trinajstić information content (AvgIpc) is 2.88. The largest absolute Gasteiger partial charge is 0.423 e. The Labute approximate surface area is 115 Å². The minimum atomic E-state index is -0.376. The van der Waals surface area contributed by atoms with Gasteiger partial charge in [-0.05, 0) is 37.6 Å². The molecule has 1 aromatic heterocycles. The Morgan fingerprint density at radius 3 is 2.63 bits per heavy atom. The van der Waals surface area contributed by atoms with Crippen molar-refractivity contribution in [2.24, 2.45) is 0 Å². The van der Waals surface area contributed by atoms with Crippen molar-refractivity contribution in [3.8, 4) is 16.3 Å². The minimum absolute atomic E-state index is 0.376. The fourth-order valence-corrected chi connectivity index (χ4v) is 2.25. The molecule has 0 spiro atoms. The number of allylic oxidation sites excluding steroid dienone is 1. The summed E-state index contributed by atoms with van der Waals surface area (Å²) in [5.41, 5.74) is 0.975. The van der Waals surface area contributed by atoms with E-state index in [0.717, 1.165) is 22.0 Å². The van der Waals surface area contributed by atoms with Crippen LogP contribution in [0, 0.1) is 0 Å². The lowest BCUT2D eigenvalue weighted by Gasteiger charge is -2.01. The van der Waals surface area contributed by atoms with Gasteiger partial charge in [0.05, 0.1) is 0 Å². The molecular formula is C14H14N2O2S. The predicted molar refractivity (Wildman–Crippen MR) is 75.2 cm³/mol. The van der Waals surface area contributed by atoms with Crippen LogP contribution in [0.1, 0.15) is 18.9 Å². The molecule has 0 fully saturated rings. The first-order valence-electron chi connectivity index (χ1n) is 6.00. The molecule has 98 valence electrons. The summed E-state index contributed by atoms with van der Waals surface area (Å²) in [6, 6.07) is 7.25. The molecule has 0 atom stereocenters. The molecule has 1 heterocycles. The predicted octanol–water partition coefficient (Wildman–Crippen LogP) is 3.25. The van der Waals surface area contributed by atoms with E-state index in [0.29, 0.717) is 5.75 Å². The van der Waals surface area contributed by atoms with E-state index in [1.165, 1.54) is 6.08 Å². The van der Waals surface area contributed by atoms with Crippen LogP contribution in [-0.4, -0.2) is 16.2 Å². The number of nitrogens with zero attached hydrogens (tertiary/aromatic N) is 2. The van der Waals surface area contributed by atoms with Crippen LogP contribution in [0.5, 0.6) is 5.75 Å². The molecule has 5 heteroatoms. The first-order valence-corrected chi connectivity index (χ1v) is 6.82. The van der Waals surface area contributed by atoms with Crippen molar-refractivity contribution in [3.05, 3.63) is 41.4 Å². The molecule has 2 aromatic rings. The summed E-state index contributed by atoms with van der Waals surface area (Å²) in [6.07, 6.45) is 3.91. The van der Waals surface area contributed by atoms with Gasteiger partial charge in [0, 0.05) is 11.6 Å². The van der Waals surface area contributed by atoms with Crippen LogP contribution >= 0.6 is 11.3 Å². The first kappa shape index (κ1) is 13.4. The first-order chi connectivity index (χ1) is 9.22. The molecule has 0 aliphatic carbocycles. The summed E-state index contributed by atoms with van der Waals surface area (Å²) < 4.78 is 5.11. The number of hydrogen-bond acceptors (Lipinski definition) is 5. The Morgan fingerprint density at radius 1 is 1.32 bits per heavy atom. The van der Waals surface area contributed by atoms with Crippen molar-refractivity contribution in [1.82, 2.24) is 10.2 Å². The van der Waals surface area contributed by atoms with E-state index in [2.05, 4.69) is 10.2 Å². The molecule has 0 radical (unpaired) electrons. The number of aryl methyl sites for hydroxylation is 1. The third-order valence-electron chi connectivity index (χ3n) is 2.39. The van der Waals surface area contributed by atoms with Crippen LogP contribution in [0.25, 0.3) is 10.6 Å². The molecule has 4 nitrogen and oxygen atoms in total. The zero-order chi connectivity index (χ0) is 13.7. The van der Waals surface area contributed by atoms with Crippen LogP contribution in [0.3, 0.4) is 0 Å². The van der Waals surface area contributed by atoms with Gasteiger partial charge in [-0.25, -0.2) is 4.79 Å². The van der Waals surface area contributed by atoms with Crippen molar-refractivity contribution < 1.29 is 9.53 Å². The summed E-state index contributed by atoms with van der Waals surface area (Å²) in [6.45, 7) is 3.82. The van der Waals surface area contributed by atoms with Gasteiger partial charge in [-0.3, -0.25) is 0 Å². The van der Waals surface area contributed by atoms with E-state index < -0.39 is 0 Å². The standard InChI is InChI=1S/C14H14N2O2S/c1-3-5-13(17)18-11-8-6-10(7-9-11)14-16-15-12(4-2)19-14/h3,5-9H,4H2,1-2H3/b5-3+. The molecule has 0 saturated carbocycles. The summed E-state index contributed by atoms with van der Waals surface area (Å²) in [5.74, 6) is 0.145. The monoisotopic (exact) mass is 274 g/mol. The number of ether oxygens (including phenoxy) is 1. The van der Waals surface area contributed by atoms with E-state index >= 15 is 0 Å². The highest BCUT2D eigenvalue weighted by atomic mass is 32.1. The zero-order valence-corrected chi connectivity index (χ0v) is 11.6. The molecule has 0 N–H and O–H groups in total. The fraction of sp³-hybridized carbons (Fsp3) is 0.214. The Bertz CT molecular complexity index is 588. The molecular weight excluding hydrogens is 260 g/mol. The van der Waals surface area contributed by atoms with Gasteiger partial charge in [0.2, 0.25) is 0 Å². The highest BCUT2D eigenvalue weighted by Crippen LogP contribution is 2.25. The molecule has 0 amide bonds. The van der Waals surface area contributed by atoms with E-state index in [-0.39, 0.29) is 5.97 Å². The summed E-state index contributed by atoms with van der Waals surface area (Å²) in [4.78, 5) is 11.3. The molecule has 0 unspecified atom stereocenters. The van der Waals surface area contributed by atoms with E-state index in [1.807, 2.05) is 19.1 Å². The molecule has 2 rings (SSSR count).